The smallest absolute Gasteiger partial charge is 0.113 e. The van der Waals surface area contributed by atoms with Gasteiger partial charge in [0.25, 0.3) is 0 Å². The molecule has 0 saturated heterocycles. The Balaban J connectivity index is 2.32. The lowest BCUT2D eigenvalue weighted by Crippen LogP contribution is -2.00. The Labute approximate surface area is 93.9 Å². The van der Waals surface area contributed by atoms with Crippen LogP contribution in [0.25, 0.3) is 11.0 Å². The first kappa shape index (κ1) is 9.22. The minimum atomic E-state index is 0.674. The van der Waals surface area contributed by atoms with Crippen molar-refractivity contribution in [2.75, 3.05) is 0 Å². The number of imidazole rings is 1. The average Bonchev–Trinajstić information content (AvgIpc) is 3.00. The standard InChI is InChI=1S/C12H13ClN2/c1-2-15-11-9(13)4-3-5-10(11)14-12(15)8-6-7-8/h3-5,8H,2,6-7H2,1H3. The zero-order chi connectivity index (χ0) is 10.4. The first-order valence-corrected chi connectivity index (χ1v) is 5.83. The number of rotatable bonds is 2. The van der Waals surface area contributed by atoms with Crippen molar-refractivity contribution in [3.8, 4) is 0 Å². The van der Waals surface area contributed by atoms with Gasteiger partial charge in [-0.2, -0.15) is 0 Å². The Morgan fingerprint density at radius 1 is 1.47 bits per heavy atom. The molecule has 0 bridgehead atoms. The number of aryl methyl sites for hydroxylation is 1. The maximum atomic E-state index is 6.22. The van der Waals surface area contributed by atoms with Gasteiger partial charge in [-0.25, -0.2) is 4.98 Å². The molecule has 15 heavy (non-hydrogen) atoms. The van der Waals surface area contributed by atoms with Gasteiger partial charge in [0.2, 0.25) is 0 Å². The van der Waals surface area contributed by atoms with Gasteiger partial charge in [0.05, 0.1) is 16.1 Å². The fourth-order valence-electron chi connectivity index (χ4n) is 2.13. The van der Waals surface area contributed by atoms with Crippen molar-refractivity contribution in [1.82, 2.24) is 9.55 Å². The molecule has 78 valence electrons. The van der Waals surface area contributed by atoms with E-state index in [4.69, 9.17) is 11.6 Å². The Kier molecular flexibility index (Phi) is 1.99. The van der Waals surface area contributed by atoms with Gasteiger partial charge in [-0.15, -0.1) is 0 Å². The van der Waals surface area contributed by atoms with Crippen LogP contribution in [-0.4, -0.2) is 9.55 Å². The summed E-state index contributed by atoms with van der Waals surface area (Å²) in [6.45, 7) is 3.10. The predicted octanol–water partition coefficient (Wildman–Crippen LogP) is 3.59. The van der Waals surface area contributed by atoms with Crippen LogP contribution in [0.1, 0.15) is 31.5 Å². The third kappa shape index (κ3) is 1.36. The zero-order valence-corrected chi connectivity index (χ0v) is 9.46. The number of hydrogen-bond donors (Lipinski definition) is 0. The monoisotopic (exact) mass is 220 g/mol. The summed E-state index contributed by atoms with van der Waals surface area (Å²) in [6, 6.07) is 5.95. The maximum absolute atomic E-state index is 6.22. The molecule has 2 aromatic rings. The molecule has 1 aliphatic rings. The quantitative estimate of drug-likeness (QED) is 0.757. The van der Waals surface area contributed by atoms with Crippen LogP contribution in [0.3, 0.4) is 0 Å². The molecule has 0 radical (unpaired) electrons. The minimum Gasteiger partial charge on any atom is -0.327 e. The normalized spacial score (nSPS) is 16.1. The summed E-state index contributed by atoms with van der Waals surface area (Å²) >= 11 is 6.22. The van der Waals surface area contributed by atoms with Crippen molar-refractivity contribution >= 4 is 22.6 Å². The zero-order valence-electron chi connectivity index (χ0n) is 8.70. The second kappa shape index (κ2) is 3.24. The molecule has 3 heteroatoms. The van der Waals surface area contributed by atoms with Crippen LogP contribution in [0, 0.1) is 0 Å². The van der Waals surface area contributed by atoms with Crippen molar-refractivity contribution in [2.24, 2.45) is 0 Å². The Bertz CT molecular complexity index is 512. The highest BCUT2D eigenvalue weighted by molar-refractivity contribution is 6.35. The third-order valence-electron chi connectivity index (χ3n) is 3.01. The van der Waals surface area contributed by atoms with E-state index < -0.39 is 0 Å². The highest BCUT2D eigenvalue weighted by atomic mass is 35.5. The van der Waals surface area contributed by atoms with Gasteiger partial charge in [0.15, 0.2) is 0 Å². The molecule has 0 amide bonds. The summed E-state index contributed by atoms with van der Waals surface area (Å²) in [7, 11) is 0. The van der Waals surface area contributed by atoms with Gasteiger partial charge in [-0.3, -0.25) is 0 Å². The van der Waals surface area contributed by atoms with Crippen molar-refractivity contribution in [3.05, 3.63) is 29.0 Å². The molecule has 2 nitrogen and oxygen atoms in total. The van der Waals surface area contributed by atoms with Crippen molar-refractivity contribution in [1.29, 1.82) is 0 Å². The third-order valence-corrected chi connectivity index (χ3v) is 3.31. The SMILES string of the molecule is CCn1c(C2CC2)nc2cccc(Cl)c21. The molecular formula is C12H13ClN2. The van der Waals surface area contributed by atoms with Crippen LogP contribution in [0.15, 0.2) is 18.2 Å². The van der Waals surface area contributed by atoms with E-state index >= 15 is 0 Å². The lowest BCUT2D eigenvalue weighted by Gasteiger charge is -2.05. The van der Waals surface area contributed by atoms with Crippen LogP contribution in [0.2, 0.25) is 5.02 Å². The minimum absolute atomic E-state index is 0.674. The first-order valence-electron chi connectivity index (χ1n) is 5.46. The Morgan fingerprint density at radius 3 is 2.93 bits per heavy atom. The van der Waals surface area contributed by atoms with E-state index in [1.807, 2.05) is 18.2 Å². The Morgan fingerprint density at radius 2 is 2.27 bits per heavy atom. The van der Waals surface area contributed by atoms with Gasteiger partial charge in [-0.05, 0) is 31.9 Å². The summed E-state index contributed by atoms with van der Waals surface area (Å²) in [6.07, 6.45) is 2.56. The highest BCUT2D eigenvalue weighted by Crippen LogP contribution is 2.41. The van der Waals surface area contributed by atoms with Crippen LogP contribution in [-0.2, 0) is 6.54 Å². The van der Waals surface area contributed by atoms with E-state index in [0.29, 0.717) is 5.92 Å². The number of benzene rings is 1. The molecular weight excluding hydrogens is 208 g/mol. The summed E-state index contributed by atoms with van der Waals surface area (Å²) in [5, 5.41) is 0.814. The highest BCUT2D eigenvalue weighted by Gasteiger charge is 2.29. The summed E-state index contributed by atoms with van der Waals surface area (Å²) in [4.78, 5) is 4.68. The number of halogens is 1. The molecule has 1 fully saturated rings. The first-order chi connectivity index (χ1) is 7.31. The maximum Gasteiger partial charge on any atom is 0.113 e. The topological polar surface area (TPSA) is 17.8 Å². The summed E-state index contributed by atoms with van der Waals surface area (Å²) in [5.41, 5.74) is 2.13. The fraction of sp³-hybridized carbons (Fsp3) is 0.417. The van der Waals surface area contributed by atoms with Crippen molar-refractivity contribution in [2.45, 2.75) is 32.2 Å². The number of para-hydroxylation sites is 1. The molecule has 3 rings (SSSR count). The lowest BCUT2D eigenvalue weighted by molar-refractivity contribution is 0.720. The van der Waals surface area contributed by atoms with Crippen molar-refractivity contribution in [3.63, 3.8) is 0 Å². The van der Waals surface area contributed by atoms with E-state index in [-0.39, 0.29) is 0 Å². The van der Waals surface area contributed by atoms with Crippen LogP contribution < -0.4 is 0 Å². The molecule has 1 aliphatic carbocycles. The van der Waals surface area contributed by atoms with Crippen LogP contribution in [0.5, 0.6) is 0 Å². The molecule has 0 atom stereocenters. The average molecular weight is 221 g/mol. The van der Waals surface area contributed by atoms with Gasteiger partial charge in [0, 0.05) is 12.5 Å². The molecule has 1 saturated carbocycles. The van der Waals surface area contributed by atoms with Crippen LogP contribution >= 0.6 is 11.6 Å². The molecule has 0 N–H and O–H groups in total. The molecule has 0 spiro atoms. The number of fused-ring (bicyclic) bond motifs is 1. The molecule has 1 aromatic carbocycles. The fourth-order valence-corrected chi connectivity index (χ4v) is 2.40. The lowest BCUT2D eigenvalue weighted by atomic mass is 10.3. The second-order valence-electron chi connectivity index (χ2n) is 4.10. The molecule has 1 heterocycles. The largest absolute Gasteiger partial charge is 0.327 e. The van der Waals surface area contributed by atoms with E-state index in [2.05, 4.69) is 16.5 Å². The van der Waals surface area contributed by atoms with Crippen molar-refractivity contribution < 1.29 is 0 Å². The van der Waals surface area contributed by atoms with E-state index in [0.717, 1.165) is 22.6 Å². The van der Waals surface area contributed by atoms with Crippen LogP contribution in [0.4, 0.5) is 0 Å². The number of aromatic nitrogens is 2. The van der Waals surface area contributed by atoms with E-state index in [1.54, 1.807) is 0 Å². The van der Waals surface area contributed by atoms with Gasteiger partial charge in [-0.1, -0.05) is 17.7 Å². The predicted molar refractivity (Wildman–Crippen MR) is 62.4 cm³/mol. The summed E-state index contributed by atoms with van der Waals surface area (Å²) < 4.78 is 2.26. The Hall–Kier alpha value is -1.02. The molecule has 0 unspecified atom stereocenters. The number of nitrogens with zero attached hydrogens (tertiary/aromatic N) is 2. The van der Waals surface area contributed by atoms with Gasteiger partial charge >= 0.3 is 0 Å². The van der Waals surface area contributed by atoms with Gasteiger partial charge in [0.1, 0.15) is 5.82 Å². The van der Waals surface area contributed by atoms with Gasteiger partial charge < -0.3 is 4.57 Å². The second-order valence-corrected chi connectivity index (χ2v) is 4.50. The molecule has 0 aliphatic heterocycles. The van der Waals surface area contributed by atoms with E-state index in [9.17, 15) is 0 Å². The number of hydrogen-bond acceptors (Lipinski definition) is 1. The van der Waals surface area contributed by atoms with E-state index in [1.165, 1.54) is 18.7 Å². The molecule has 1 aromatic heterocycles. The summed E-state index contributed by atoms with van der Waals surface area (Å²) in [5.74, 6) is 1.90.